The van der Waals surface area contributed by atoms with Crippen LogP contribution in [0.4, 0.5) is 10.1 Å². The Kier molecular flexibility index (Phi) is 8.90. The predicted octanol–water partition coefficient (Wildman–Crippen LogP) is 6.98. The van der Waals surface area contributed by atoms with E-state index in [-0.39, 0.29) is 22.4 Å². The van der Waals surface area contributed by atoms with E-state index in [1.165, 1.54) is 62.4 Å². The molecule has 10 heteroatoms. The van der Waals surface area contributed by atoms with E-state index in [0.29, 0.717) is 5.92 Å². The number of unbranched alkanes of at least 4 members (excludes halogenated alkanes) is 1. The van der Waals surface area contributed by atoms with Crippen molar-refractivity contribution in [2.45, 2.75) is 82.1 Å². The van der Waals surface area contributed by atoms with Crippen LogP contribution in [0.2, 0.25) is 0 Å². The highest BCUT2D eigenvalue weighted by Crippen LogP contribution is 2.43. The molecule has 1 atom stereocenters. The second kappa shape index (κ2) is 11.9. The summed E-state index contributed by atoms with van der Waals surface area (Å²) in [5.41, 5.74) is 0.831. The van der Waals surface area contributed by atoms with Gasteiger partial charge in [0.2, 0.25) is 0 Å². The van der Waals surface area contributed by atoms with Crippen LogP contribution in [0.1, 0.15) is 92.4 Å². The molecule has 1 fully saturated rings. The number of ether oxygens (including phenoxy) is 1. The van der Waals surface area contributed by atoms with Crippen molar-refractivity contribution in [1.29, 1.82) is 0 Å². The molecule has 0 bridgehead atoms. The van der Waals surface area contributed by atoms with Gasteiger partial charge in [-0.05, 0) is 62.8 Å². The van der Waals surface area contributed by atoms with E-state index in [1.54, 1.807) is 5.57 Å². The van der Waals surface area contributed by atoms with E-state index in [2.05, 4.69) is 22.7 Å². The maximum absolute atomic E-state index is 14.2. The van der Waals surface area contributed by atoms with Crippen LogP contribution in [0.15, 0.2) is 34.2 Å². The number of nitrogens with one attached hydrogen (secondary N) is 1. The summed E-state index contributed by atoms with van der Waals surface area (Å²) in [5, 5.41) is 11.3. The maximum Gasteiger partial charge on any atom is 0.338 e. The molecule has 202 valence electrons. The highest BCUT2D eigenvalue weighted by Gasteiger charge is 2.30. The Morgan fingerprint density at radius 1 is 1.22 bits per heavy atom. The van der Waals surface area contributed by atoms with Gasteiger partial charge >= 0.3 is 5.97 Å². The average Bonchev–Trinajstić information content (AvgIpc) is 3.39. The van der Waals surface area contributed by atoms with Crippen LogP contribution in [0.5, 0.6) is 5.75 Å². The summed E-state index contributed by atoms with van der Waals surface area (Å²) in [6.07, 6.45) is 14.3. The summed E-state index contributed by atoms with van der Waals surface area (Å²) in [5.74, 6) is -0.926. The van der Waals surface area contributed by atoms with E-state index in [1.807, 2.05) is 0 Å². The number of sulfonamides is 1. The first-order valence-electron chi connectivity index (χ1n) is 13.0. The van der Waals surface area contributed by atoms with E-state index in [0.717, 1.165) is 48.7 Å². The summed E-state index contributed by atoms with van der Waals surface area (Å²) in [7, 11) is -2.86. The van der Waals surface area contributed by atoms with Crippen LogP contribution in [-0.4, -0.2) is 31.6 Å². The van der Waals surface area contributed by atoms with Gasteiger partial charge in [0.15, 0.2) is 5.03 Å². The number of nitrogens with zero attached hydrogens (tertiary/aromatic N) is 1. The minimum Gasteiger partial charge on any atom is -0.495 e. The number of aromatic nitrogens is 1. The third-order valence-corrected chi connectivity index (χ3v) is 10.1. The number of rotatable bonds is 10. The number of allylic oxidation sites excluding steroid dienone is 2. The smallest absolute Gasteiger partial charge is 0.338 e. The molecule has 2 aliphatic rings. The molecule has 0 amide bonds. The second-order valence-electron chi connectivity index (χ2n) is 10.1. The van der Waals surface area contributed by atoms with E-state index < -0.39 is 27.4 Å². The third kappa shape index (κ3) is 6.52. The summed E-state index contributed by atoms with van der Waals surface area (Å²) < 4.78 is 47.5. The number of anilines is 1. The van der Waals surface area contributed by atoms with Gasteiger partial charge in [-0.25, -0.2) is 14.2 Å². The number of methoxy groups -OCH3 is 1. The Bertz CT molecular complexity index is 1250. The van der Waals surface area contributed by atoms with Crippen molar-refractivity contribution in [1.82, 2.24) is 4.98 Å². The lowest BCUT2D eigenvalue weighted by molar-refractivity contribution is 0.0691. The zero-order valence-electron chi connectivity index (χ0n) is 21.3. The number of carbonyl (C=O) groups is 1. The van der Waals surface area contributed by atoms with Crippen molar-refractivity contribution in [3.63, 3.8) is 0 Å². The quantitative estimate of drug-likeness (QED) is 0.309. The molecule has 0 radical (unpaired) electrons. The van der Waals surface area contributed by atoms with Crippen LogP contribution in [-0.2, 0) is 10.0 Å². The number of carboxylic acids is 1. The Morgan fingerprint density at radius 2 is 1.95 bits per heavy atom. The minimum absolute atomic E-state index is 0.0927. The molecule has 0 saturated heterocycles. The van der Waals surface area contributed by atoms with Crippen molar-refractivity contribution in [2.75, 3.05) is 11.8 Å². The number of benzene rings is 1. The predicted molar refractivity (Wildman–Crippen MR) is 142 cm³/mol. The number of carboxylic acid groups (broad SMARTS) is 1. The van der Waals surface area contributed by atoms with Crippen molar-refractivity contribution in [3.8, 4) is 5.75 Å². The van der Waals surface area contributed by atoms with Crippen molar-refractivity contribution >= 4 is 33.0 Å². The van der Waals surface area contributed by atoms with E-state index >= 15 is 0 Å². The first-order valence-corrected chi connectivity index (χ1v) is 15.4. The van der Waals surface area contributed by atoms with Crippen molar-refractivity contribution < 1.29 is 27.4 Å². The topological polar surface area (TPSA) is 106 Å². The molecule has 2 aliphatic carbocycles. The van der Waals surface area contributed by atoms with Crippen LogP contribution in [0.3, 0.4) is 0 Å². The Hall–Kier alpha value is -2.46. The van der Waals surface area contributed by atoms with Crippen LogP contribution in [0.25, 0.3) is 0 Å². The molecule has 1 saturated carbocycles. The third-order valence-electron chi connectivity index (χ3n) is 7.66. The number of aromatic carboxylic acids is 1. The van der Waals surface area contributed by atoms with Gasteiger partial charge in [-0.2, -0.15) is 8.42 Å². The molecular weight excluding hydrogens is 515 g/mol. The van der Waals surface area contributed by atoms with Gasteiger partial charge < -0.3 is 9.84 Å². The molecule has 0 spiro atoms. The molecule has 2 N–H and O–H groups in total. The van der Waals surface area contributed by atoms with Gasteiger partial charge in [-0.1, -0.05) is 37.8 Å². The van der Waals surface area contributed by atoms with Gasteiger partial charge in [-0.3, -0.25) is 4.72 Å². The molecule has 0 unspecified atom stereocenters. The lowest BCUT2D eigenvalue weighted by atomic mass is 9.74. The zero-order chi connectivity index (χ0) is 26.6. The van der Waals surface area contributed by atoms with E-state index in [9.17, 15) is 17.6 Å². The molecular formula is C27H35FN2O5S2. The fraction of sp³-hybridized carbons (Fsp3) is 0.556. The van der Waals surface area contributed by atoms with Gasteiger partial charge in [0.1, 0.15) is 11.6 Å². The van der Waals surface area contributed by atoms with Gasteiger partial charge in [-0.15, -0.1) is 11.3 Å². The molecule has 0 aliphatic heterocycles. The molecule has 7 nitrogen and oxygen atoms in total. The lowest BCUT2D eigenvalue weighted by Gasteiger charge is -2.32. The summed E-state index contributed by atoms with van der Waals surface area (Å²) in [6, 6.07) is 1.76. The fourth-order valence-electron chi connectivity index (χ4n) is 5.49. The molecule has 1 heterocycles. The lowest BCUT2D eigenvalue weighted by Crippen LogP contribution is -2.18. The Labute approximate surface area is 222 Å². The van der Waals surface area contributed by atoms with Gasteiger partial charge in [0.25, 0.3) is 10.0 Å². The Balaban J connectivity index is 1.38. The molecule has 4 rings (SSSR count). The first kappa shape index (κ1) is 27.6. The van der Waals surface area contributed by atoms with Crippen molar-refractivity contribution in [2.24, 2.45) is 11.8 Å². The Morgan fingerprint density at radius 3 is 2.57 bits per heavy atom. The van der Waals surface area contributed by atoms with Gasteiger partial charge in [0.05, 0.1) is 23.4 Å². The summed E-state index contributed by atoms with van der Waals surface area (Å²) in [6.45, 7) is 2.25. The summed E-state index contributed by atoms with van der Waals surface area (Å²) in [4.78, 5) is 15.6. The maximum atomic E-state index is 14.2. The van der Waals surface area contributed by atoms with E-state index in [4.69, 9.17) is 9.84 Å². The van der Waals surface area contributed by atoms with Crippen LogP contribution >= 0.6 is 11.3 Å². The zero-order valence-corrected chi connectivity index (χ0v) is 23.0. The first-order chi connectivity index (χ1) is 17.7. The highest BCUT2D eigenvalue weighted by molar-refractivity contribution is 7.92. The average molecular weight is 551 g/mol. The van der Waals surface area contributed by atoms with Crippen LogP contribution < -0.4 is 9.46 Å². The van der Waals surface area contributed by atoms with Crippen molar-refractivity contribution in [3.05, 3.63) is 45.6 Å². The SMILES string of the molecule is CCCC[C@@H]1CC=C([C@H]2CC[C@@H](c3nc(S(=O)(=O)Nc4cc(F)c(C(=O)O)cc4OC)cs3)CC2)CC1. The number of halogens is 1. The number of hydrogen-bond donors (Lipinski definition) is 2. The standard InChI is InChI=1S/C27H35FN2O5S2/c1-3-4-5-17-6-8-18(9-7-17)19-10-12-20(13-11-19)26-29-25(16-36-26)37(33,34)30-23-15-22(28)21(27(31)32)14-24(23)35-2/h8,14-17,19-20,30H,3-7,9-13H2,1-2H3,(H,31,32)/t17-,19-,20+/m1/s1. The molecule has 2 aromatic rings. The summed E-state index contributed by atoms with van der Waals surface area (Å²) >= 11 is 1.33. The highest BCUT2D eigenvalue weighted by atomic mass is 32.2. The monoisotopic (exact) mass is 550 g/mol. The minimum atomic E-state index is -4.11. The molecule has 37 heavy (non-hydrogen) atoms. The van der Waals surface area contributed by atoms with Gasteiger partial charge in [0, 0.05) is 17.4 Å². The second-order valence-corrected chi connectivity index (χ2v) is 12.6. The molecule has 1 aromatic carbocycles. The largest absolute Gasteiger partial charge is 0.495 e. The normalized spacial score (nSPS) is 22.4. The number of hydrogen-bond acceptors (Lipinski definition) is 6. The number of thiazole rings is 1. The van der Waals surface area contributed by atoms with Crippen LogP contribution in [0, 0.1) is 17.7 Å². The molecule has 1 aromatic heterocycles. The fourth-order valence-corrected chi connectivity index (χ4v) is 7.83.